The van der Waals surface area contributed by atoms with E-state index < -0.39 is 0 Å². The van der Waals surface area contributed by atoms with Gasteiger partial charge in [0.25, 0.3) is 5.56 Å². The molecule has 3 rings (SSSR count). The van der Waals surface area contributed by atoms with Gasteiger partial charge in [0.1, 0.15) is 5.52 Å². The SMILES string of the molecule is COc1cc2c(=O)n(CCc3cccnc3)cnc2c(OC)c1OC. The number of aryl methyl sites for hydroxylation is 2. The Labute approximate surface area is 144 Å². The second kappa shape index (κ2) is 7.21. The van der Waals surface area contributed by atoms with Crippen LogP contribution in [-0.2, 0) is 13.0 Å². The lowest BCUT2D eigenvalue weighted by Crippen LogP contribution is -2.22. The number of ether oxygens (including phenoxy) is 3. The molecule has 0 radical (unpaired) electrons. The molecule has 0 aliphatic carbocycles. The first-order valence-electron chi connectivity index (χ1n) is 7.76. The first-order valence-corrected chi connectivity index (χ1v) is 7.76. The van der Waals surface area contributed by atoms with E-state index in [9.17, 15) is 4.79 Å². The van der Waals surface area contributed by atoms with Gasteiger partial charge in [-0.3, -0.25) is 14.3 Å². The topological polar surface area (TPSA) is 75.5 Å². The normalized spacial score (nSPS) is 10.7. The molecule has 130 valence electrons. The second-order valence-electron chi connectivity index (χ2n) is 5.40. The van der Waals surface area contributed by atoms with Gasteiger partial charge in [-0.1, -0.05) is 6.07 Å². The first kappa shape index (κ1) is 16.8. The van der Waals surface area contributed by atoms with E-state index in [4.69, 9.17) is 14.2 Å². The van der Waals surface area contributed by atoms with Crippen LogP contribution < -0.4 is 19.8 Å². The molecule has 0 aliphatic heterocycles. The zero-order chi connectivity index (χ0) is 17.8. The molecule has 2 heterocycles. The number of benzene rings is 1. The maximum atomic E-state index is 12.8. The van der Waals surface area contributed by atoms with Crippen molar-refractivity contribution in [1.82, 2.24) is 14.5 Å². The number of hydrogen-bond acceptors (Lipinski definition) is 6. The van der Waals surface area contributed by atoms with Crippen molar-refractivity contribution in [3.8, 4) is 17.2 Å². The summed E-state index contributed by atoms with van der Waals surface area (Å²) in [6.07, 6.45) is 5.72. The van der Waals surface area contributed by atoms with Gasteiger partial charge in [0.2, 0.25) is 5.75 Å². The Kier molecular flexibility index (Phi) is 4.83. The summed E-state index contributed by atoms with van der Waals surface area (Å²) in [7, 11) is 4.54. The number of nitrogens with zero attached hydrogens (tertiary/aromatic N) is 3. The van der Waals surface area contributed by atoms with Crippen LogP contribution in [0, 0.1) is 0 Å². The van der Waals surface area contributed by atoms with E-state index >= 15 is 0 Å². The fourth-order valence-corrected chi connectivity index (χ4v) is 2.72. The minimum Gasteiger partial charge on any atom is -0.493 e. The molecule has 1 aromatic carbocycles. The molecule has 0 fully saturated rings. The molecule has 7 heteroatoms. The molecule has 0 bridgehead atoms. The molecule has 7 nitrogen and oxygen atoms in total. The fourth-order valence-electron chi connectivity index (χ4n) is 2.72. The minimum absolute atomic E-state index is 0.159. The number of pyridine rings is 1. The Balaban J connectivity index is 2.06. The van der Waals surface area contributed by atoms with Crippen molar-refractivity contribution < 1.29 is 14.2 Å². The van der Waals surface area contributed by atoms with Gasteiger partial charge >= 0.3 is 0 Å². The van der Waals surface area contributed by atoms with Crippen LogP contribution >= 0.6 is 0 Å². The number of methoxy groups -OCH3 is 3. The molecule has 0 amide bonds. The summed E-state index contributed by atoms with van der Waals surface area (Å²) in [5.41, 5.74) is 1.34. The first-order chi connectivity index (χ1) is 12.2. The molecule has 0 spiro atoms. The van der Waals surface area contributed by atoms with Crippen LogP contribution in [0.2, 0.25) is 0 Å². The van der Waals surface area contributed by atoms with Gasteiger partial charge in [0.15, 0.2) is 11.5 Å². The van der Waals surface area contributed by atoms with Crippen molar-refractivity contribution in [2.75, 3.05) is 21.3 Å². The predicted octanol–water partition coefficient (Wildman–Crippen LogP) is 2.06. The Hall–Kier alpha value is -3.09. The summed E-state index contributed by atoms with van der Waals surface area (Å²) in [6.45, 7) is 0.504. The van der Waals surface area contributed by atoms with E-state index in [1.807, 2.05) is 12.1 Å². The van der Waals surface area contributed by atoms with Crippen molar-refractivity contribution in [3.05, 3.63) is 52.8 Å². The third kappa shape index (κ3) is 3.13. The van der Waals surface area contributed by atoms with Crippen molar-refractivity contribution in [2.24, 2.45) is 0 Å². The third-order valence-electron chi connectivity index (χ3n) is 3.99. The van der Waals surface area contributed by atoms with Crippen LogP contribution in [0.15, 0.2) is 41.7 Å². The van der Waals surface area contributed by atoms with E-state index in [2.05, 4.69) is 9.97 Å². The molecule has 2 aromatic heterocycles. The zero-order valence-electron chi connectivity index (χ0n) is 14.4. The quantitative estimate of drug-likeness (QED) is 0.683. The van der Waals surface area contributed by atoms with Crippen molar-refractivity contribution in [3.63, 3.8) is 0 Å². The van der Waals surface area contributed by atoms with Gasteiger partial charge in [0.05, 0.1) is 33.0 Å². The summed E-state index contributed by atoms with van der Waals surface area (Å²) in [6, 6.07) is 5.48. The molecular formula is C18H19N3O4. The van der Waals surface area contributed by atoms with Gasteiger partial charge in [-0.2, -0.15) is 0 Å². The van der Waals surface area contributed by atoms with Gasteiger partial charge < -0.3 is 14.2 Å². The monoisotopic (exact) mass is 341 g/mol. The zero-order valence-corrected chi connectivity index (χ0v) is 14.4. The number of hydrogen-bond donors (Lipinski definition) is 0. The highest BCUT2D eigenvalue weighted by Gasteiger charge is 2.19. The average molecular weight is 341 g/mol. The molecule has 0 unspecified atom stereocenters. The number of fused-ring (bicyclic) bond motifs is 1. The molecule has 0 saturated carbocycles. The van der Waals surface area contributed by atoms with E-state index in [1.165, 1.54) is 27.7 Å². The molecule has 0 saturated heterocycles. The van der Waals surface area contributed by atoms with Crippen molar-refractivity contribution in [2.45, 2.75) is 13.0 Å². The largest absolute Gasteiger partial charge is 0.493 e. The average Bonchev–Trinajstić information content (AvgIpc) is 2.66. The van der Waals surface area contributed by atoms with Gasteiger partial charge in [0, 0.05) is 18.9 Å². The second-order valence-corrected chi connectivity index (χ2v) is 5.40. The highest BCUT2D eigenvalue weighted by molar-refractivity contribution is 5.89. The van der Waals surface area contributed by atoms with Crippen LogP contribution in [-0.4, -0.2) is 35.9 Å². The highest BCUT2D eigenvalue weighted by Crippen LogP contribution is 2.41. The van der Waals surface area contributed by atoms with E-state index in [0.717, 1.165) is 5.56 Å². The molecule has 0 aliphatic rings. The minimum atomic E-state index is -0.159. The molecular weight excluding hydrogens is 322 g/mol. The van der Waals surface area contributed by atoms with E-state index in [-0.39, 0.29) is 5.56 Å². The Morgan fingerprint density at radius 1 is 1.12 bits per heavy atom. The summed E-state index contributed by atoms with van der Waals surface area (Å²) < 4.78 is 17.6. The van der Waals surface area contributed by atoms with Crippen LogP contribution in [0.1, 0.15) is 5.56 Å². The Bertz CT molecular complexity index is 938. The standard InChI is InChI=1S/C18H19N3O4/c1-23-14-9-13-15(17(25-3)16(14)24-2)20-11-21(18(13)22)8-6-12-5-4-7-19-10-12/h4-5,7,9-11H,6,8H2,1-3H3. The highest BCUT2D eigenvalue weighted by atomic mass is 16.5. The lowest BCUT2D eigenvalue weighted by Gasteiger charge is -2.14. The molecule has 3 aromatic rings. The van der Waals surface area contributed by atoms with Crippen molar-refractivity contribution in [1.29, 1.82) is 0 Å². The third-order valence-corrected chi connectivity index (χ3v) is 3.99. The maximum Gasteiger partial charge on any atom is 0.261 e. The van der Waals surface area contributed by atoms with Crippen LogP contribution in [0.3, 0.4) is 0 Å². The number of aromatic nitrogens is 3. The predicted molar refractivity (Wildman–Crippen MR) is 93.6 cm³/mol. The van der Waals surface area contributed by atoms with Gasteiger partial charge in [-0.05, 0) is 24.1 Å². The molecule has 0 atom stereocenters. The lowest BCUT2D eigenvalue weighted by molar-refractivity contribution is 0.326. The van der Waals surface area contributed by atoms with Gasteiger partial charge in [-0.15, -0.1) is 0 Å². The molecule has 25 heavy (non-hydrogen) atoms. The fraction of sp³-hybridized carbons (Fsp3) is 0.278. The van der Waals surface area contributed by atoms with Crippen LogP contribution in [0.4, 0.5) is 0 Å². The Morgan fingerprint density at radius 3 is 2.56 bits per heavy atom. The lowest BCUT2D eigenvalue weighted by atomic mass is 10.2. The smallest absolute Gasteiger partial charge is 0.261 e. The van der Waals surface area contributed by atoms with Crippen molar-refractivity contribution >= 4 is 10.9 Å². The van der Waals surface area contributed by atoms with Crippen LogP contribution in [0.5, 0.6) is 17.2 Å². The van der Waals surface area contributed by atoms with Crippen LogP contribution in [0.25, 0.3) is 10.9 Å². The summed E-state index contributed by atoms with van der Waals surface area (Å²) in [5, 5.41) is 0.420. The Morgan fingerprint density at radius 2 is 1.92 bits per heavy atom. The number of rotatable bonds is 6. The summed E-state index contributed by atoms with van der Waals surface area (Å²) in [4.78, 5) is 21.3. The van der Waals surface area contributed by atoms with E-state index in [0.29, 0.717) is 41.1 Å². The summed E-state index contributed by atoms with van der Waals surface area (Å²) >= 11 is 0. The summed E-state index contributed by atoms with van der Waals surface area (Å²) in [5.74, 6) is 1.22. The maximum absolute atomic E-state index is 12.8. The van der Waals surface area contributed by atoms with Gasteiger partial charge in [-0.25, -0.2) is 4.98 Å². The molecule has 0 N–H and O–H groups in total. The van der Waals surface area contributed by atoms with E-state index in [1.54, 1.807) is 23.0 Å².